The van der Waals surface area contributed by atoms with E-state index in [0.717, 1.165) is 38.9 Å². The van der Waals surface area contributed by atoms with E-state index >= 15 is 0 Å². The minimum Gasteiger partial charge on any atom is -0.463 e. The zero-order valence-electron chi connectivity index (χ0n) is 13.2. The maximum Gasteiger partial charge on any atom is 0.323 e. The summed E-state index contributed by atoms with van der Waals surface area (Å²) in [5.74, 6) is 1.16. The Morgan fingerprint density at radius 1 is 1.14 bits per heavy atom. The third kappa shape index (κ3) is 5.00. The first kappa shape index (κ1) is 15.8. The zero-order valence-corrected chi connectivity index (χ0v) is 13.2. The molecule has 7 heteroatoms. The fraction of sp³-hybridized carbons (Fsp3) is 0.786. The molecule has 118 valence electrons. The average Bonchev–Trinajstić information content (AvgIpc) is 2.48. The van der Waals surface area contributed by atoms with Crippen molar-refractivity contribution in [2.24, 2.45) is 0 Å². The van der Waals surface area contributed by atoms with Gasteiger partial charge in [-0.1, -0.05) is 6.92 Å². The fourth-order valence-electron chi connectivity index (χ4n) is 2.25. The number of aromatic nitrogens is 3. The van der Waals surface area contributed by atoms with Gasteiger partial charge in [-0.25, -0.2) is 0 Å². The maximum atomic E-state index is 5.54. The van der Waals surface area contributed by atoms with Crippen molar-refractivity contribution in [2.75, 3.05) is 43.9 Å². The number of rotatable bonds is 7. The van der Waals surface area contributed by atoms with Crippen LogP contribution in [-0.2, 0) is 0 Å². The van der Waals surface area contributed by atoms with E-state index in [1.807, 2.05) is 6.92 Å². The minimum absolute atomic E-state index is 0.387. The van der Waals surface area contributed by atoms with Gasteiger partial charge in [0.2, 0.25) is 11.9 Å². The molecule has 0 spiro atoms. The number of piperidine rings is 1. The number of hydrogen-bond acceptors (Lipinski definition) is 7. The lowest BCUT2D eigenvalue weighted by atomic mass is 10.1. The third-order valence-corrected chi connectivity index (χ3v) is 3.44. The molecule has 1 aliphatic heterocycles. The van der Waals surface area contributed by atoms with Crippen LogP contribution in [0.2, 0.25) is 0 Å². The number of nitrogens with one attached hydrogen (secondary N) is 2. The van der Waals surface area contributed by atoms with Gasteiger partial charge in [0.1, 0.15) is 0 Å². The van der Waals surface area contributed by atoms with Gasteiger partial charge in [-0.15, -0.1) is 0 Å². The van der Waals surface area contributed by atoms with E-state index in [-0.39, 0.29) is 0 Å². The van der Waals surface area contributed by atoms with Crippen LogP contribution in [0.3, 0.4) is 0 Å². The van der Waals surface area contributed by atoms with E-state index in [1.54, 1.807) is 0 Å². The summed E-state index contributed by atoms with van der Waals surface area (Å²) < 4.78 is 5.54. The molecule has 0 saturated carbocycles. The van der Waals surface area contributed by atoms with Crippen LogP contribution < -0.4 is 15.4 Å². The largest absolute Gasteiger partial charge is 0.463 e. The standard InChI is InChI=1S/C14H26N6O/c1-4-10-21-14-18-12(15-5-2)17-13(19-14)16-11-6-8-20(3)9-7-11/h11H,4-10H2,1-3H3,(H2,15,16,17,18,19). The molecular formula is C14H26N6O. The first-order valence-corrected chi connectivity index (χ1v) is 7.79. The summed E-state index contributed by atoms with van der Waals surface area (Å²) >= 11 is 0. The van der Waals surface area contributed by atoms with Crippen LogP contribution in [0, 0.1) is 0 Å². The Labute approximate surface area is 126 Å². The lowest BCUT2D eigenvalue weighted by Gasteiger charge is -2.29. The summed E-state index contributed by atoms with van der Waals surface area (Å²) in [5, 5.41) is 6.53. The predicted molar refractivity (Wildman–Crippen MR) is 83.9 cm³/mol. The number of anilines is 2. The van der Waals surface area contributed by atoms with Crippen LogP contribution in [0.1, 0.15) is 33.1 Å². The monoisotopic (exact) mass is 294 g/mol. The Hall–Kier alpha value is -1.63. The highest BCUT2D eigenvalue weighted by Crippen LogP contribution is 2.16. The summed E-state index contributed by atoms with van der Waals surface area (Å²) in [5.41, 5.74) is 0. The van der Waals surface area contributed by atoms with E-state index in [9.17, 15) is 0 Å². The maximum absolute atomic E-state index is 5.54. The highest BCUT2D eigenvalue weighted by atomic mass is 16.5. The molecule has 1 aromatic rings. The van der Waals surface area contributed by atoms with Crippen LogP contribution in [0.25, 0.3) is 0 Å². The van der Waals surface area contributed by atoms with Crippen molar-refractivity contribution in [1.29, 1.82) is 0 Å². The molecule has 0 bridgehead atoms. The van der Waals surface area contributed by atoms with Crippen LogP contribution in [-0.4, -0.2) is 59.2 Å². The summed E-state index contributed by atoms with van der Waals surface area (Å²) in [6, 6.07) is 0.801. The molecular weight excluding hydrogens is 268 g/mol. The Bertz CT molecular complexity index is 433. The van der Waals surface area contributed by atoms with Gasteiger partial charge in [0.15, 0.2) is 0 Å². The first-order chi connectivity index (χ1) is 10.2. The summed E-state index contributed by atoms with van der Waals surface area (Å²) in [4.78, 5) is 15.4. The second-order valence-corrected chi connectivity index (χ2v) is 5.37. The highest BCUT2D eigenvalue weighted by Gasteiger charge is 2.18. The van der Waals surface area contributed by atoms with E-state index < -0.39 is 0 Å². The fourth-order valence-corrected chi connectivity index (χ4v) is 2.25. The summed E-state index contributed by atoms with van der Waals surface area (Å²) in [6.07, 6.45) is 3.13. The topological polar surface area (TPSA) is 75.2 Å². The van der Waals surface area contributed by atoms with Gasteiger partial charge in [-0.05, 0) is 46.3 Å². The van der Waals surface area contributed by atoms with Crippen LogP contribution in [0.4, 0.5) is 11.9 Å². The predicted octanol–water partition coefficient (Wildman–Crippen LogP) is 1.60. The highest BCUT2D eigenvalue weighted by molar-refractivity contribution is 5.36. The van der Waals surface area contributed by atoms with Gasteiger partial charge in [-0.2, -0.15) is 15.0 Å². The molecule has 0 aromatic carbocycles. The zero-order chi connectivity index (χ0) is 15.1. The SMILES string of the molecule is CCCOc1nc(NCC)nc(NC2CCN(C)CC2)n1. The smallest absolute Gasteiger partial charge is 0.323 e. The van der Waals surface area contributed by atoms with Gasteiger partial charge in [0.25, 0.3) is 0 Å². The van der Waals surface area contributed by atoms with Crippen molar-refractivity contribution in [3.63, 3.8) is 0 Å². The summed E-state index contributed by atoms with van der Waals surface area (Å²) in [6.45, 7) is 7.66. The number of nitrogens with zero attached hydrogens (tertiary/aromatic N) is 4. The molecule has 21 heavy (non-hydrogen) atoms. The Morgan fingerprint density at radius 3 is 2.52 bits per heavy atom. The number of likely N-dealkylation sites (tertiary alicyclic amines) is 1. The van der Waals surface area contributed by atoms with E-state index in [2.05, 4.69) is 44.5 Å². The van der Waals surface area contributed by atoms with Crippen molar-refractivity contribution in [2.45, 2.75) is 39.2 Å². The lowest BCUT2D eigenvalue weighted by molar-refractivity contribution is 0.263. The van der Waals surface area contributed by atoms with Crippen molar-refractivity contribution >= 4 is 11.9 Å². The molecule has 2 rings (SSSR count). The van der Waals surface area contributed by atoms with Gasteiger partial charge >= 0.3 is 6.01 Å². The van der Waals surface area contributed by atoms with Gasteiger partial charge in [-0.3, -0.25) is 0 Å². The van der Waals surface area contributed by atoms with Gasteiger partial charge in [0, 0.05) is 12.6 Å². The molecule has 0 radical (unpaired) electrons. The molecule has 7 nitrogen and oxygen atoms in total. The molecule has 2 N–H and O–H groups in total. The molecule has 2 heterocycles. The van der Waals surface area contributed by atoms with Crippen molar-refractivity contribution in [3.05, 3.63) is 0 Å². The van der Waals surface area contributed by atoms with Crippen molar-refractivity contribution in [3.8, 4) is 6.01 Å². The third-order valence-electron chi connectivity index (χ3n) is 3.44. The molecule has 1 aromatic heterocycles. The van der Waals surface area contributed by atoms with Crippen molar-refractivity contribution in [1.82, 2.24) is 19.9 Å². The van der Waals surface area contributed by atoms with Crippen molar-refractivity contribution < 1.29 is 4.74 Å². The summed E-state index contributed by atoms with van der Waals surface area (Å²) in [7, 11) is 2.15. The van der Waals surface area contributed by atoms with Crippen LogP contribution >= 0.6 is 0 Å². The molecule has 0 unspecified atom stereocenters. The molecule has 0 aliphatic carbocycles. The van der Waals surface area contributed by atoms with E-state index in [4.69, 9.17) is 4.74 Å². The molecule has 0 amide bonds. The molecule has 1 saturated heterocycles. The lowest BCUT2D eigenvalue weighted by Crippen LogP contribution is -2.37. The van der Waals surface area contributed by atoms with Crippen LogP contribution in [0.5, 0.6) is 6.01 Å². The Kier molecular flexibility index (Phi) is 5.98. The average molecular weight is 294 g/mol. The Balaban J connectivity index is 2.03. The second-order valence-electron chi connectivity index (χ2n) is 5.37. The first-order valence-electron chi connectivity index (χ1n) is 7.79. The molecule has 0 atom stereocenters. The second kappa shape index (κ2) is 7.97. The number of ether oxygens (including phenoxy) is 1. The quantitative estimate of drug-likeness (QED) is 0.791. The van der Waals surface area contributed by atoms with Crippen LogP contribution in [0.15, 0.2) is 0 Å². The normalized spacial score (nSPS) is 16.7. The van der Waals surface area contributed by atoms with E-state index in [1.165, 1.54) is 0 Å². The van der Waals surface area contributed by atoms with Gasteiger partial charge < -0.3 is 20.3 Å². The van der Waals surface area contributed by atoms with Gasteiger partial charge in [0.05, 0.1) is 6.61 Å². The van der Waals surface area contributed by atoms with E-state index in [0.29, 0.717) is 30.6 Å². The Morgan fingerprint density at radius 2 is 1.86 bits per heavy atom. The molecule has 1 aliphatic rings. The molecule has 1 fully saturated rings. The number of hydrogen-bond donors (Lipinski definition) is 2. The minimum atomic E-state index is 0.387.